The number of halogens is 4. The lowest BCUT2D eigenvalue weighted by Gasteiger charge is -2.44. The number of para-hydroxylation sites is 2. The van der Waals surface area contributed by atoms with Crippen molar-refractivity contribution in [2.75, 3.05) is 29.2 Å². The fourth-order valence-electron chi connectivity index (χ4n) is 6.10. The first-order valence-corrected chi connectivity index (χ1v) is 17.4. The summed E-state index contributed by atoms with van der Waals surface area (Å²) in [6.45, 7) is 0. The maximum absolute atomic E-state index is 14.2. The van der Waals surface area contributed by atoms with Crippen molar-refractivity contribution in [3.63, 3.8) is 0 Å². The number of nitrogens with one attached hydrogen (secondary N) is 1. The van der Waals surface area contributed by atoms with E-state index in [0.717, 1.165) is 27.0 Å². The molecule has 0 aliphatic carbocycles. The number of alkyl halides is 1. The van der Waals surface area contributed by atoms with Gasteiger partial charge in [0.15, 0.2) is 0 Å². The van der Waals surface area contributed by atoms with Crippen LogP contribution in [-0.2, 0) is 11.2 Å². The van der Waals surface area contributed by atoms with E-state index in [2.05, 4.69) is 21.2 Å². The first-order valence-electron chi connectivity index (χ1n) is 15.5. The van der Waals surface area contributed by atoms with Crippen LogP contribution in [0, 0.1) is 0 Å². The lowest BCUT2D eigenvalue weighted by atomic mass is 9.92. The molecule has 1 aromatic heterocycles. The van der Waals surface area contributed by atoms with Gasteiger partial charge in [0, 0.05) is 42.1 Å². The number of β-lactam (4-membered cyclic amide) rings is 1. The lowest BCUT2D eigenvalue weighted by molar-refractivity contribution is -0.123. The number of carbonyl (C=O) groups is 1. The number of benzene rings is 5. The Labute approximate surface area is 306 Å². The van der Waals surface area contributed by atoms with E-state index in [1.807, 2.05) is 104 Å². The van der Waals surface area contributed by atoms with Crippen molar-refractivity contribution in [1.82, 2.24) is 9.55 Å². The van der Waals surface area contributed by atoms with Gasteiger partial charge in [-0.05, 0) is 83.9 Å². The summed E-state index contributed by atoms with van der Waals surface area (Å²) >= 11 is 23.0. The number of fused-ring (bicyclic) bond motifs is 1. The molecule has 7 rings (SSSR count). The first-order chi connectivity index (χ1) is 23.6. The Balaban J connectivity index is 1.27. The molecular weight excluding hydrogens is 745 g/mol. The first kappa shape index (κ1) is 33.2. The number of amides is 1. The minimum Gasteiger partial charge on any atom is -0.378 e. The van der Waals surface area contributed by atoms with Crippen LogP contribution in [-0.4, -0.2) is 34.9 Å². The highest BCUT2D eigenvalue weighted by molar-refractivity contribution is 9.10. The van der Waals surface area contributed by atoms with Crippen LogP contribution in [0.1, 0.15) is 23.0 Å². The molecule has 0 spiro atoms. The second-order valence-corrected chi connectivity index (χ2v) is 14.1. The summed E-state index contributed by atoms with van der Waals surface area (Å²) < 4.78 is 2.40. The maximum atomic E-state index is 14.2. The van der Waals surface area contributed by atoms with Gasteiger partial charge in [0.25, 0.3) is 5.56 Å². The summed E-state index contributed by atoms with van der Waals surface area (Å²) in [5, 5.41) is 4.16. The second kappa shape index (κ2) is 13.5. The van der Waals surface area contributed by atoms with Gasteiger partial charge in [-0.15, -0.1) is 11.6 Å². The molecule has 0 saturated carbocycles. The van der Waals surface area contributed by atoms with Crippen LogP contribution in [0.15, 0.2) is 118 Å². The maximum Gasteiger partial charge on any atom is 0.266 e. The smallest absolute Gasteiger partial charge is 0.266 e. The molecule has 0 radical (unpaired) electrons. The highest BCUT2D eigenvalue weighted by atomic mass is 79.9. The fourth-order valence-corrected chi connectivity index (χ4v) is 7.32. The zero-order chi connectivity index (χ0) is 34.4. The number of anilines is 4. The molecule has 1 N–H and O–H groups in total. The Hall–Kier alpha value is -4.34. The van der Waals surface area contributed by atoms with E-state index in [1.54, 1.807) is 33.7 Å². The Bertz CT molecular complexity index is 2260. The van der Waals surface area contributed by atoms with Crippen LogP contribution in [0.4, 0.5) is 22.7 Å². The molecule has 1 aliphatic rings. The van der Waals surface area contributed by atoms with Crippen LogP contribution < -0.4 is 20.7 Å². The third kappa shape index (κ3) is 6.30. The minimum atomic E-state index is -0.670. The zero-order valence-electron chi connectivity index (χ0n) is 26.4. The van der Waals surface area contributed by atoms with Crippen LogP contribution in [0.3, 0.4) is 0 Å². The van der Waals surface area contributed by atoms with E-state index in [-0.39, 0.29) is 17.5 Å². The van der Waals surface area contributed by atoms with Crippen LogP contribution in [0.5, 0.6) is 0 Å². The average Bonchev–Trinajstić information content (AvgIpc) is 3.10. The number of aromatic nitrogens is 2. The Morgan fingerprint density at radius 1 is 0.837 bits per heavy atom. The molecule has 6 aromatic rings. The number of carbonyl (C=O) groups excluding carboxylic acids is 1. The van der Waals surface area contributed by atoms with E-state index < -0.39 is 5.38 Å². The van der Waals surface area contributed by atoms with Gasteiger partial charge in [-0.2, -0.15) is 0 Å². The molecule has 1 saturated heterocycles. The number of rotatable bonds is 8. The van der Waals surface area contributed by atoms with Crippen LogP contribution in [0.2, 0.25) is 10.0 Å². The average molecular weight is 774 g/mol. The molecule has 0 bridgehead atoms. The van der Waals surface area contributed by atoms with Crippen molar-refractivity contribution >= 4 is 90.3 Å². The van der Waals surface area contributed by atoms with Crippen molar-refractivity contribution in [3.05, 3.63) is 151 Å². The predicted molar refractivity (Wildman–Crippen MR) is 205 cm³/mol. The molecule has 1 fully saturated rings. The summed E-state index contributed by atoms with van der Waals surface area (Å²) in [4.78, 5) is 36.0. The van der Waals surface area contributed by atoms with Gasteiger partial charge in [0.1, 0.15) is 11.2 Å². The highest BCUT2D eigenvalue weighted by Gasteiger charge is 2.47. The normalized spacial score (nSPS) is 15.7. The summed E-state index contributed by atoms with van der Waals surface area (Å²) in [5.74, 6) is 0.362. The lowest BCUT2D eigenvalue weighted by Crippen LogP contribution is -2.56. The number of nitrogens with zero attached hydrogens (tertiary/aromatic N) is 4. The van der Waals surface area contributed by atoms with Crippen molar-refractivity contribution in [3.8, 4) is 5.69 Å². The number of hydrogen-bond acceptors (Lipinski definition) is 5. The molecule has 11 heteroatoms. The van der Waals surface area contributed by atoms with E-state index in [0.29, 0.717) is 50.3 Å². The third-order valence-electron chi connectivity index (χ3n) is 8.65. The van der Waals surface area contributed by atoms with Crippen molar-refractivity contribution < 1.29 is 4.79 Å². The van der Waals surface area contributed by atoms with Gasteiger partial charge < -0.3 is 15.1 Å². The van der Waals surface area contributed by atoms with Gasteiger partial charge in [0.05, 0.1) is 38.4 Å². The molecule has 2 heterocycles. The Kier molecular flexibility index (Phi) is 9.15. The molecule has 2 unspecified atom stereocenters. The van der Waals surface area contributed by atoms with E-state index in [9.17, 15) is 9.59 Å². The standard InChI is InChI=1S/C38H29BrCl3N5O2/c1-45(2)25-13-10-22(11-14-25)36-34(42)38(49)47(36)27-17-15-26(16-18-27)46-33(43-32-19-12-24(39)21-28(32)37(46)48)20-23-6-3-4-9-31(23)44-35-29(40)7-5-8-30(35)41/h3-19,21,34,36,44H,20H2,1-2H3. The van der Waals surface area contributed by atoms with Gasteiger partial charge in [0.2, 0.25) is 5.91 Å². The predicted octanol–water partition coefficient (Wildman–Crippen LogP) is 9.55. The fraction of sp³-hybridized carbons (Fsp3) is 0.132. The van der Waals surface area contributed by atoms with E-state index in [1.165, 1.54) is 0 Å². The molecule has 1 amide bonds. The van der Waals surface area contributed by atoms with Crippen molar-refractivity contribution in [2.24, 2.45) is 0 Å². The number of hydrogen-bond donors (Lipinski definition) is 1. The largest absolute Gasteiger partial charge is 0.378 e. The van der Waals surface area contributed by atoms with Crippen LogP contribution in [0.25, 0.3) is 16.6 Å². The zero-order valence-corrected chi connectivity index (χ0v) is 30.2. The summed E-state index contributed by atoms with van der Waals surface area (Å²) in [7, 11) is 3.96. The molecule has 1 aliphatic heterocycles. The summed E-state index contributed by atoms with van der Waals surface area (Å²) in [6, 6.07) is 33.6. The molecule has 2 atom stereocenters. The van der Waals surface area contributed by atoms with Crippen LogP contribution >= 0.6 is 50.7 Å². The van der Waals surface area contributed by atoms with Gasteiger partial charge >= 0.3 is 0 Å². The minimum absolute atomic E-state index is 0.172. The van der Waals surface area contributed by atoms with Gasteiger partial charge in [-0.1, -0.05) is 75.5 Å². The quantitative estimate of drug-likeness (QED) is 0.123. The highest BCUT2D eigenvalue weighted by Crippen LogP contribution is 2.43. The topological polar surface area (TPSA) is 70.5 Å². The van der Waals surface area contributed by atoms with E-state index in [4.69, 9.17) is 39.8 Å². The Morgan fingerprint density at radius 2 is 1.51 bits per heavy atom. The van der Waals surface area contributed by atoms with E-state index >= 15 is 0 Å². The molecule has 7 nitrogen and oxygen atoms in total. The van der Waals surface area contributed by atoms with Crippen molar-refractivity contribution in [2.45, 2.75) is 17.8 Å². The monoisotopic (exact) mass is 771 g/mol. The summed E-state index contributed by atoms with van der Waals surface area (Å²) in [5.41, 5.74) is 5.92. The molecule has 49 heavy (non-hydrogen) atoms. The Morgan fingerprint density at radius 3 is 2.20 bits per heavy atom. The second-order valence-electron chi connectivity index (χ2n) is 11.9. The van der Waals surface area contributed by atoms with Gasteiger partial charge in [-0.3, -0.25) is 14.2 Å². The molecular formula is C38H29BrCl3N5O2. The third-order valence-corrected chi connectivity index (χ3v) is 10.2. The summed E-state index contributed by atoms with van der Waals surface area (Å²) in [6.07, 6.45) is 0.317. The molecule has 5 aromatic carbocycles. The molecule has 246 valence electrons. The SMILES string of the molecule is CN(C)c1ccc(C2C(Cl)C(=O)N2c2ccc(-n3c(Cc4ccccc4Nc4c(Cl)cccc4Cl)nc4ccc(Br)cc4c3=O)cc2)cc1. The van der Waals surface area contributed by atoms with Gasteiger partial charge in [-0.25, -0.2) is 4.98 Å². The van der Waals surface area contributed by atoms with Crippen molar-refractivity contribution in [1.29, 1.82) is 0 Å².